The smallest absolute Gasteiger partial charge is 0.00962 e. The van der Waals surface area contributed by atoms with E-state index in [0.717, 1.165) is 25.2 Å². The predicted octanol–water partition coefficient (Wildman–Crippen LogP) is 3.28. The van der Waals surface area contributed by atoms with E-state index in [0.29, 0.717) is 5.41 Å². The van der Waals surface area contributed by atoms with Crippen molar-refractivity contribution in [2.45, 2.75) is 72.4 Å². The molecule has 0 aromatic heterocycles. The van der Waals surface area contributed by atoms with E-state index in [1.54, 1.807) is 0 Å². The van der Waals surface area contributed by atoms with Gasteiger partial charge in [0.1, 0.15) is 0 Å². The molecule has 0 bridgehead atoms. The Morgan fingerprint density at radius 2 is 1.94 bits per heavy atom. The Hall–Kier alpha value is -0.0800. The van der Waals surface area contributed by atoms with Crippen molar-refractivity contribution in [3.05, 3.63) is 0 Å². The van der Waals surface area contributed by atoms with Gasteiger partial charge >= 0.3 is 0 Å². The van der Waals surface area contributed by atoms with Crippen LogP contribution in [0, 0.1) is 5.41 Å². The van der Waals surface area contributed by atoms with Gasteiger partial charge in [-0.15, -0.1) is 0 Å². The molecule has 0 amide bonds. The summed E-state index contributed by atoms with van der Waals surface area (Å²) in [6.45, 7) is 15.2. The molecule has 1 rings (SSSR count). The van der Waals surface area contributed by atoms with Gasteiger partial charge in [-0.3, -0.25) is 4.90 Å². The molecular formula is C15H32N2. The monoisotopic (exact) mass is 240 g/mol. The lowest BCUT2D eigenvalue weighted by molar-refractivity contribution is 0.113. The third-order valence-corrected chi connectivity index (χ3v) is 4.64. The SMILES string of the molecule is CCNCC(C)(CC)CN1C(C)CCC1CC. The van der Waals surface area contributed by atoms with Crippen molar-refractivity contribution in [3.63, 3.8) is 0 Å². The Morgan fingerprint density at radius 1 is 1.24 bits per heavy atom. The Balaban J connectivity index is 2.59. The largest absolute Gasteiger partial charge is 0.316 e. The third kappa shape index (κ3) is 3.96. The van der Waals surface area contributed by atoms with Crippen molar-refractivity contribution >= 4 is 0 Å². The van der Waals surface area contributed by atoms with Crippen molar-refractivity contribution in [1.82, 2.24) is 10.2 Å². The van der Waals surface area contributed by atoms with E-state index in [2.05, 4.69) is 44.8 Å². The molecule has 3 atom stereocenters. The summed E-state index contributed by atoms with van der Waals surface area (Å²) in [6, 6.07) is 1.62. The molecule has 0 spiro atoms. The molecule has 0 aromatic carbocycles. The molecule has 1 saturated heterocycles. The predicted molar refractivity (Wildman–Crippen MR) is 76.4 cm³/mol. The molecule has 1 N–H and O–H groups in total. The number of nitrogens with zero attached hydrogens (tertiary/aromatic N) is 1. The van der Waals surface area contributed by atoms with E-state index in [1.807, 2.05) is 0 Å². The normalized spacial score (nSPS) is 29.5. The molecule has 2 nitrogen and oxygen atoms in total. The topological polar surface area (TPSA) is 15.3 Å². The fraction of sp³-hybridized carbons (Fsp3) is 1.00. The highest BCUT2D eigenvalue weighted by Crippen LogP contribution is 2.31. The summed E-state index contributed by atoms with van der Waals surface area (Å²) in [5.74, 6) is 0. The maximum absolute atomic E-state index is 3.53. The van der Waals surface area contributed by atoms with E-state index in [1.165, 1.54) is 32.2 Å². The summed E-state index contributed by atoms with van der Waals surface area (Å²) < 4.78 is 0. The molecule has 1 heterocycles. The van der Waals surface area contributed by atoms with E-state index in [9.17, 15) is 0 Å². The van der Waals surface area contributed by atoms with Gasteiger partial charge in [0.05, 0.1) is 0 Å². The maximum atomic E-state index is 3.53. The van der Waals surface area contributed by atoms with E-state index < -0.39 is 0 Å². The standard InChI is InChI=1S/C15H32N2/c1-6-14-10-9-13(4)17(14)12-15(5,7-2)11-16-8-3/h13-14,16H,6-12H2,1-5H3. The number of nitrogens with one attached hydrogen (secondary N) is 1. The Morgan fingerprint density at radius 3 is 2.47 bits per heavy atom. The van der Waals surface area contributed by atoms with Gasteiger partial charge in [-0.25, -0.2) is 0 Å². The van der Waals surface area contributed by atoms with Gasteiger partial charge in [0.15, 0.2) is 0 Å². The highest BCUT2D eigenvalue weighted by atomic mass is 15.2. The molecule has 3 unspecified atom stereocenters. The Bertz CT molecular complexity index is 217. The van der Waals surface area contributed by atoms with Gasteiger partial charge in [0, 0.05) is 25.2 Å². The first-order valence-corrected chi connectivity index (χ1v) is 7.52. The van der Waals surface area contributed by atoms with Crippen LogP contribution in [-0.4, -0.2) is 36.6 Å². The van der Waals surface area contributed by atoms with Crippen LogP contribution in [0.2, 0.25) is 0 Å². The summed E-state index contributed by atoms with van der Waals surface area (Å²) in [5, 5.41) is 3.53. The van der Waals surface area contributed by atoms with Crippen LogP contribution in [0.1, 0.15) is 60.3 Å². The molecule has 102 valence electrons. The first-order valence-electron chi connectivity index (χ1n) is 7.52. The zero-order valence-electron chi connectivity index (χ0n) is 12.6. The van der Waals surface area contributed by atoms with Crippen LogP contribution >= 0.6 is 0 Å². The number of likely N-dealkylation sites (tertiary alicyclic amines) is 1. The van der Waals surface area contributed by atoms with Crippen molar-refractivity contribution in [3.8, 4) is 0 Å². The van der Waals surface area contributed by atoms with Crippen molar-refractivity contribution < 1.29 is 0 Å². The number of hydrogen-bond acceptors (Lipinski definition) is 2. The lowest BCUT2D eigenvalue weighted by atomic mass is 9.86. The second kappa shape index (κ2) is 6.75. The van der Waals surface area contributed by atoms with Crippen molar-refractivity contribution in [1.29, 1.82) is 0 Å². The van der Waals surface area contributed by atoms with Crippen LogP contribution in [0.4, 0.5) is 0 Å². The van der Waals surface area contributed by atoms with Crippen LogP contribution in [0.15, 0.2) is 0 Å². The van der Waals surface area contributed by atoms with Crippen LogP contribution in [0.5, 0.6) is 0 Å². The molecule has 17 heavy (non-hydrogen) atoms. The summed E-state index contributed by atoms with van der Waals surface area (Å²) in [6.07, 6.45) is 5.36. The summed E-state index contributed by atoms with van der Waals surface area (Å²) >= 11 is 0. The van der Waals surface area contributed by atoms with Crippen LogP contribution in [0.25, 0.3) is 0 Å². The molecule has 0 aliphatic carbocycles. The summed E-state index contributed by atoms with van der Waals surface area (Å²) in [7, 11) is 0. The van der Waals surface area contributed by atoms with Gasteiger partial charge < -0.3 is 5.32 Å². The molecule has 1 aliphatic rings. The van der Waals surface area contributed by atoms with E-state index >= 15 is 0 Å². The maximum Gasteiger partial charge on any atom is 0.00962 e. The van der Waals surface area contributed by atoms with Gasteiger partial charge in [0.25, 0.3) is 0 Å². The molecule has 2 heteroatoms. The van der Waals surface area contributed by atoms with Gasteiger partial charge in [-0.05, 0) is 44.6 Å². The minimum absolute atomic E-state index is 0.433. The molecule has 0 aromatic rings. The minimum atomic E-state index is 0.433. The first kappa shape index (κ1) is 15.0. The number of hydrogen-bond donors (Lipinski definition) is 1. The van der Waals surface area contributed by atoms with Gasteiger partial charge in [-0.2, -0.15) is 0 Å². The van der Waals surface area contributed by atoms with Crippen LogP contribution < -0.4 is 5.32 Å². The van der Waals surface area contributed by atoms with Crippen LogP contribution in [-0.2, 0) is 0 Å². The lowest BCUT2D eigenvalue weighted by Gasteiger charge is -2.38. The molecule has 0 radical (unpaired) electrons. The number of rotatable bonds is 7. The quantitative estimate of drug-likeness (QED) is 0.735. The molecular weight excluding hydrogens is 208 g/mol. The first-order chi connectivity index (χ1) is 8.06. The Labute approximate surface area is 108 Å². The average molecular weight is 240 g/mol. The molecule has 0 saturated carbocycles. The van der Waals surface area contributed by atoms with Gasteiger partial charge in [0.2, 0.25) is 0 Å². The summed E-state index contributed by atoms with van der Waals surface area (Å²) in [5.41, 5.74) is 0.433. The van der Waals surface area contributed by atoms with Gasteiger partial charge in [-0.1, -0.05) is 27.7 Å². The fourth-order valence-electron chi connectivity index (χ4n) is 3.01. The summed E-state index contributed by atoms with van der Waals surface area (Å²) in [4.78, 5) is 2.76. The lowest BCUT2D eigenvalue weighted by Crippen LogP contribution is -2.46. The zero-order chi connectivity index (χ0) is 12.9. The zero-order valence-corrected chi connectivity index (χ0v) is 12.6. The van der Waals surface area contributed by atoms with E-state index in [-0.39, 0.29) is 0 Å². The fourth-order valence-corrected chi connectivity index (χ4v) is 3.01. The molecule has 1 fully saturated rings. The van der Waals surface area contributed by atoms with Crippen molar-refractivity contribution in [2.75, 3.05) is 19.6 Å². The van der Waals surface area contributed by atoms with Crippen molar-refractivity contribution in [2.24, 2.45) is 5.41 Å². The highest BCUT2D eigenvalue weighted by Gasteiger charge is 2.34. The highest BCUT2D eigenvalue weighted by molar-refractivity contribution is 4.89. The second-order valence-corrected chi connectivity index (χ2v) is 6.11. The molecule has 1 aliphatic heterocycles. The second-order valence-electron chi connectivity index (χ2n) is 6.11. The minimum Gasteiger partial charge on any atom is -0.316 e. The van der Waals surface area contributed by atoms with Crippen LogP contribution in [0.3, 0.4) is 0 Å². The third-order valence-electron chi connectivity index (χ3n) is 4.64. The van der Waals surface area contributed by atoms with E-state index in [4.69, 9.17) is 0 Å². The Kier molecular flexibility index (Phi) is 5.94. The average Bonchev–Trinajstić information content (AvgIpc) is 2.68.